The molecule has 0 spiro atoms. The van der Waals surface area contributed by atoms with Crippen molar-refractivity contribution in [2.45, 2.75) is 12.5 Å². The molecule has 1 aliphatic rings. The van der Waals surface area contributed by atoms with Gasteiger partial charge in [-0.2, -0.15) is 5.10 Å². The Hall–Kier alpha value is -1.75. The number of anilines is 1. The van der Waals surface area contributed by atoms with Crippen LogP contribution in [0.5, 0.6) is 0 Å². The van der Waals surface area contributed by atoms with Crippen molar-refractivity contribution in [3.8, 4) is 0 Å². The summed E-state index contributed by atoms with van der Waals surface area (Å²) in [5.74, 6) is -0.381. The van der Waals surface area contributed by atoms with Crippen molar-refractivity contribution in [2.24, 2.45) is 5.10 Å². The van der Waals surface area contributed by atoms with E-state index in [0.29, 0.717) is 27.2 Å². The molecule has 24 heavy (non-hydrogen) atoms. The van der Waals surface area contributed by atoms with E-state index >= 15 is 0 Å². The number of rotatable bonds is 3. The predicted octanol–water partition coefficient (Wildman–Crippen LogP) is 4.80. The van der Waals surface area contributed by atoms with Crippen LogP contribution in [0, 0.1) is 0 Å². The third kappa shape index (κ3) is 3.36. The molecule has 2 aromatic rings. The van der Waals surface area contributed by atoms with Crippen molar-refractivity contribution in [1.82, 2.24) is 0 Å². The largest absolute Gasteiger partial charge is 0.467 e. The topological polar surface area (TPSA) is 41.9 Å². The van der Waals surface area contributed by atoms with Gasteiger partial charge in [0.1, 0.15) is 0 Å². The van der Waals surface area contributed by atoms with E-state index in [1.807, 2.05) is 12.1 Å². The summed E-state index contributed by atoms with van der Waals surface area (Å²) in [5.41, 5.74) is 2.24. The number of hydrogen-bond acceptors (Lipinski definition) is 4. The number of carbonyl (C=O) groups excluding carboxylic acids is 1. The summed E-state index contributed by atoms with van der Waals surface area (Å²) in [5, 5.41) is 7.72. The van der Waals surface area contributed by atoms with E-state index in [1.165, 1.54) is 7.11 Å². The fourth-order valence-electron chi connectivity index (χ4n) is 2.54. The first-order chi connectivity index (χ1) is 11.5. The maximum absolute atomic E-state index is 12.2. The van der Waals surface area contributed by atoms with Gasteiger partial charge in [0.05, 0.1) is 23.5 Å². The van der Waals surface area contributed by atoms with Gasteiger partial charge in [-0.15, -0.1) is 0 Å². The van der Waals surface area contributed by atoms with Crippen molar-refractivity contribution in [3.63, 3.8) is 0 Å². The molecule has 0 N–H and O–H groups in total. The van der Waals surface area contributed by atoms with E-state index in [9.17, 15) is 4.79 Å². The first-order valence-corrected chi connectivity index (χ1v) is 8.28. The molecule has 0 amide bonds. The number of methoxy groups -OCH3 is 1. The average Bonchev–Trinajstić information content (AvgIpc) is 2.99. The molecule has 0 aliphatic carbocycles. The van der Waals surface area contributed by atoms with Gasteiger partial charge in [-0.3, -0.25) is 0 Å². The van der Waals surface area contributed by atoms with Crippen molar-refractivity contribution >= 4 is 52.2 Å². The number of esters is 1. The fourth-order valence-corrected chi connectivity index (χ4v) is 3.16. The normalized spacial score (nSPS) is 16.9. The Balaban J connectivity index is 2.01. The van der Waals surface area contributed by atoms with E-state index in [0.717, 1.165) is 11.3 Å². The zero-order chi connectivity index (χ0) is 17.3. The Bertz CT molecular complexity index is 806. The van der Waals surface area contributed by atoms with Crippen LogP contribution in [0.3, 0.4) is 0 Å². The summed E-state index contributed by atoms with van der Waals surface area (Å²) < 4.78 is 4.91. The smallest absolute Gasteiger partial charge is 0.331 e. The van der Waals surface area contributed by atoms with Gasteiger partial charge in [0.2, 0.25) is 0 Å². The highest BCUT2D eigenvalue weighted by atomic mass is 35.5. The molecule has 0 bridgehead atoms. The lowest BCUT2D eigenvalue weighted by atomic mass is 10.0. The van der Waals surface area contributed by atoms with Crippen LogP contribution in [0.25, 0.3) is 0 Å². The maximum atomic E-state index is 12.2. The van der Waals surface area contributed by atoms with Crippen LogP contribution in [-0.4, -0.2) is 24.8 Å². The predicted molar refractivity (Wildman–Crippen MR) is 97.4 cm³/mol. The average molecular weight is 384 g/mol. The number of carbonyl (C=O) groups is 1. The molecule has 0 fully saturated rings. The van der Waals surface area contributed by atoms with Crippen molar-refractivity contribution in [2.75, 3.05) is 12.1 Å². The Labute approximate surface area is 154 Å². The van der Waals surface area contributed by atoms with Crippen LogP contribution in [0.2, 0.25) is 15.1 Å². The lowest BCUT2D eigenvalue weighted by molar-refractivity contribution is -0.141. The molecule has 2 aromatic carbocycles. The van der Waals surface area contributed by atoms with Gasteiger partial charge in [0.25, 0.3) is 0 Å². The quantitative estimate of drug-likeness (QED) is 0.715. The van der Waals surface area contributed by atoms with Gasteiger partial charge in [0, 0.05) is 16.5 Å². The number of hydrogen-bond donors (Lipinski definition) is 0. The summed E-state index contributed by atoms with van der Waals surface area (Å²) >= 11 is 18.1. The Morgan fingerprint density at radius 2 is 1.79 bits per heavy atom. The minimum Gasteiger partial charge on any atom is -0.467 e. The van der Waals surface area contributed by atoms with Crippen LogP contribution in [-0.2, 0) is 9.53 Å². The van der Waals surface area contributed by atoms with E-state index in [4.69, 9.17) is 39.5 Å². The van der Waals surface area contributed by atoms with Crippen LogP contribution >= 0.6 is 34.8 Å². The highest BCUT2D eigenvalue weighted by Gasteiger charge is 2.35. The number of ether oxygens (including phenoxy) is 1. The van der Waals surface area contributed by atoms with Crippen LogP contribution in [0.1, 0.15) is 12.0 Å². The molecule has 1 aliphatic heterocycles. The van der Waals surface area contributed by atoms with Crippen LogP contribution < -0.4 is 5.01 Å². The van der Waals surface area contributed by atoms with Gasteiger partial charge < -0.3 is 4.74 Å². The lowest BCUT2D eigenvalue weighted by Crippen LogP contribution is -2.35. The third-order valence-electron chi connectivity index (χ3n) is 3.72. The number of nitrogens with zero attached hydrogens (tertiary/aromatic N) is 2. The molecule has 124 valence electrons. The van der Waals surface area contributed by atoms with E-state index in [1.54, 1.807) is 35.3 Å². The monoisotopic (exact) mass is 382 g/mol. The van der Waals surface area contributed by atoms with Crippen LogP contribution in [0.15, 0.2) is 47.6 Å². The van der Waals surface area contributed by atoms with Crippen molar-refractivity contribution in [1.29, 1.82) is 0 Å². The second-order valence-electron chi connectivity index (χ2n) is 5.24. The minimum absolute atomic E-state index is 0.381. The lowest BCUT2D eigenvalue weighted by Gasteiger charge is -2.22. The van der Waals surface area contributed by atoms with E-state index < -0.39 is 6.04 Å². The summed E-state index contributed by atoms with van der Waals surface area (Å²) in [7, 11) is 1.35. The standard InChI is InChI=1S/C17H13Cl3N2O2/c1-24-17(23)16-9-14(10-2-4-11(18)5-3-10)21-22(16)15-7-6-12(19)8-13(15)20/h2-8,16H,9H2,1H3. The fraction of sp³-hybridized carbons (Fsp3) is 0.176. The molecule has 1 heterocycles. The highest BCUT2D eigenvalue weighted by molar-refractivity contribution is 6.36. The minimum atomic E-state index is -0.584. The highest BCUT2D eigenvalue weighted by Crippen LogP contribution is 2.34. The Morgan fingerprint density at radius 1 is 1.12 bits per heavy atom. The zero-order valence-corrected chi connectivity index (χ0v) is 14.9. The molecule has 1 unspecified atom stereocenters. The van der Waals surface area contributed by atoms with Gasteiger partial charge >= 0.3 is 5.97 Å². The molecular formula is C17H13Cl3N2O2. The summed E-state index contributed by atoms with van der Waals surface area (Å²) in [6.07, 6.45) is 0.410. The van der Waals surface area contributed by atoms with Crippen molar-refractivity contribution in [3.05, 3.63) is 63.1 Å². The SMILES string of the molecule is COC(=O)C1CC(c2ccc(Cl)cc2)=NN1c1ccc(Cl)cc1Cl. The van der Waals surface area contributed by atoms with E-state index in [-0.39, 0.29) is 5.97 Å². The summed E-state index contributed by atoms with van der Waals surface area (Å²) in [6.45, 7) is 0. The van der Waals surface area contributed by atoms with Gasteiger partial charge in [-0.25, -0.2) is 9.80 Å². The molecule has 3 rings (SSSR count). The molecule has 0 aromatic heterocycles. The Morgan fingerprint density at radius 3 is 2.42 bits per heavy atom. The number of halogens is 3. The summed E-state index contributed by atoms with van der Waals surface area (Å²) in [4.78, 5) is 12.2. The molecule has 0 saturated carbocycles. The number of hydrazone groups is 1. The van der Waals surface area contributed by atoms with Gasteiger partial charge in [0.15, 0.2) is 6.04 Å². The van der Waals surface area contributed by atoms with Gasteiger partial charge in [-0.05, 0) is 35.9 Å². The maximum Gasteiger partial charge on any atom is 0.331 e. The molecule has 7 heteroatoms. The Kier molecular flexibility index (Phi) is 4.99. The first-order valence-electron chi connectivity index (χ1n) is 7.15. The van der Waals surface area contributed by atoms with E-state index in [2.05, 4.69) is 5.10 Å². The third-order valence-corrected chi connectivity index (χ3v) is 4.51. The van der Waals surface area contributed by atoms with Crippen LogP contribution in [0.4, 0.5) is 5.69 Å². The molecule has 1 atom stereocenters. The van der Waals surface area contributed by atoms with Gasteiger partial charge in [-0.1, -0.05) is 46.9 Å². The number of benzene rings is 2. The molecular weight excluding hydrogens is 371 g/mol. The molecule has 4 nitrogen and oxygen atoms in total. The summed E-state index contributed by atoms with van der Waals surface area (Å²) in [6, 6.07) is 11.8. The molecule has 0 saturated heterocycles. The zero-order valence-electron chi connectivity index (χ0n) is 12.7. The first kappa shape index (κ1) is 17.1. The molecule has 0 radical (unpaired) electrons. The second kappa shape index (κ2) is 7.01. The second-order valence-corrected chi connectivity index (χ2v) is 6.52. The van der Waals surface area contributed by atoms with Crippen molar-refractivity contribution < 1.29 is 9.53 Å².